The molecule has 0 aliphatic carbocycles. The number of hydrogen-bond acceptors (Lipinski definition) is 5. The monoisotopic (exact) mass is 1070 g/mol. The third-order valence-electron chi connectivity index (χ3n) is 16.2. The molecule has 2 unspecified atom stereocenters. The van der Waals surface area contributed by atoms with Crippen LogP contribution in [0, 0.1) is 0 Å². The van der Waals surface area contributed by atoms with Gasteiger partial charge >= 0.3 is 5.97 Å². The Kier molecular flexibility index (Phi) is 64.4. The molecule has 0 heterocycles. The topological polar surface area (TPSA) is 95.9 Å². The molecule has 6 heteroatoms. The number of amides is 1. The molecule has 0 aromatic rings. The Labute approximate surface area is 475 Å². The largest absolute Gasteiger partial charge is 0.466 e. The molecule has 0 fully saturated rings. The van der Waals surface area contributed by atoms with Crippen LogP contribution in [-0.4, -0.2) is 47.4 Å². The highest BCUT2D eigenvalue weighted by atomic mass is 16.5. The summed E-state index contributed by atoms with van der Waals surface area (Å²) in [7, 11) is 0. The van der Waals surface area contributed by atoms with E-state index in [0.29, 0.717) is 19.4 Å². The summed E-state index contributed by atoms with van der Waals surface area (Å²) in [5, 5.41) is 23.1. The first-order chi connectivity index (χ1) is 37.5. The molecule has 1 amide bonds. The molecule has 0 bridgehead atoms. The van der Waals surface area contributed by atoms with Gasteiger partial charge in [-0.05, 0) is 57.8 Å². The van der Waals surface area contributed by atoms with E-state index >= 15 is 0 Å². The first-order valence-corrected chi connectivity index (χ1v) is 34.6. The summed E-state index contributed by atoms with van der Waals surface area (Å²) in [5.41, 5.74) is 0. The van der Waals surface area contributed by atoms with E-state index in [1.54, 1.807) is 6.08 Å². The number of hydrogen-bond donors (Lipinski definition) is 3. The minimum absolute atomic E-state index is 0.0121. The number of esters is 1. The number of allylic oxidation sites excluding steroid dienone is 3. The molecule has 2 atom stereocenters. The number of aliphatic hydroxyl groups excluding tert-OH is 2. The molecule has 0 aliphatic heterocycles. The van der Waals surface area contributed by atoms with Crippen LogP contribution in [-0.2, 0) is 14.3 Å². The molecule has 0 aromatic carbocycles. The second kappa shape index (κ2) is 65.9. The Balaban J connectivity index is 3.33. The Morgan fingerprint density at radius 1 is 0.355 bits per heavy atom. The molecule has 0 rings (SSSR count). The minimum Gasteiger partial charge on any atom is -0.466 e. The highest BCUT2D eigenvalue weighted by molar-refractivity contribution is 5.76. The predicted octanol–water partition coefficient (Wildman–Crippen LogP) is 22.1. The Morgan fingerprint density at radius 3 is 0.947 bits per heavy atom. The van der Waals surface area contributed by atoms with Gasteiger partial charge in [-0.15, -0.1) is 0 Å². The summed E-state index contributed by atoms with van der Waals surface area (Å²) in [6.45, 7) is 4.91. The molecule has 0 saturated heterocycles. The number of unbranched alkanes of at least 4 members (excludes halogenated alkanes) is 52. The maximum absolute atomic E-state index is 12.5. The van der Waals surface area contributed by atoms with Gasteiger partial charge in [-0.3, -0.25) is 9.59 Å². The number of carbonyl (C=O) groups excluding carboxylic acids is 2. The van der Waals surface area contributed by atoms with Crippen LogP contribution in [0.3, 0.4) is 0 Å². The lowest BCUT2D eigenvalue weighted by molar-refractivity contribution is -0.143. The zero-order valence-electron chi connectivity index (χ0n) is 51.5. The van der Waals surface area contributed by atoms with Crippen molar-refractivity contribution in [2.75, 3.05) is 13.2 Å². The van der Waals surface area contributed by atoms with Crippen molar-refractivity contribution in [1.29, 1.82) is 0 Å². The van der Waals surface area contributed by atoms with E-state index in [1.165, 1.54) is 315 Å². The molecule has 0 aliphatic rings. The van der Waals surface area contributed by atoms with Crippen LogP contribution in [0.15, 0.2) is 24.3 Å². The van der Waals surface area contributed by atoms with E-state index in [4.69, 9.17) is 4.74 Å². The van der Waals surface area contributed by atoms with Gasteiger partial charge in [-0.1, -0.05) is 340 Å². The molecule has 76 heavy (non-hydrogen) atoms. The van der Waals surface area contributed by atoms with Crippen LogP contribution in [0.5, 0.6) is 0 Å². The summed E-state index contributed by atoms with van der Waals surface area (Å²) in [6.07, 6.45) is 82.6. The molecule has 0 saturated carbocycles. The standard InChI is InChI=1S/C70H135NO5/c1-3-5-7-9-11-13-15-17-39-42-46-50-54-58-62-68(73)67(66-72)71-69(74)63-59-55-51-47-43-40-36-34-32-30-28-26-24-22-20-18-19-21-23-25-27-29-31-33-35-37-41-45-49-53-57-61-65-76-70(75)64-60-56-52-48-44-38-16-14-12-10-8-6-4-2/h14,16,58,62,67-68,72-73H,3-13,15,17-57,59-61,63-66H2,1-2H3,(H,71,74)/b16-14-,62-58+. The Morgan fingerprint density at radius 2 is 0.618 bits per heavy atom. The van der Waals surface area contributed by atoms with Crippen LogP contribution in [0.4, 0.5) is 0 Å². The van der Waals surface area contributed by atoms with Crippen LogP contribution >= 0.6 is 0 Å². The second-order valence-corrected chi connectivity index (χ2v) is 23.9. The summed E-state index contributed by atoms with van der Waals surface area (Å²) in [4.78, 5) is 24.5. The van der Waals surface area contributed by atoms with E-state index in [2.05, 4.69) is 31.3 Å². The zero-order valence-corrected chi connectivity index (χ0v) is 51.5. The Hall–Kier alpha value is -1.66. The van der Waals surface area contributed by atoms with Gasteiger partial charge in [0.15, 0.2) is 0 Å². The van der Waals surface area contributed by atoms with Gasteiger partial charge in [0.2, 0.25) is 5.91 Å². The molecular weight excluding hydrogens is 935 g/mol. The average molecular weight is 1070 g/mol. The summed E-state index contributed by atoms with van der Waals surface area (Å²) < 4.78 is 5.48. The van der Waals surface area contributed by atoms with Crippen molar-refractivity contribution in [2.45, 2.75) is 398 Å². The molecule has 6 nitrogen and oxygen atoms in total. The fourth-order valence-electron chi connectivity index (χ4n) is 10.9. The molecule has 0 spiro atoms. The number of nitrogens with one attached hydrogen (secondary N) is 1. The lowest BCUT2D eigenvalue weighted by Gasteiger charge is -2.20. The van der Waals surface area contributed by atoms with Gasteiger partial charge in [0.1, 0.15) is 0 Å². The third kappa shape index (κ3) is 61.6. The quantitative estimate of drug-likeness (QED) is 0.0320. The third-order valence-corrected chi connectivity index (χ3v) is 16.2. The van der Waals surface area contributed by atoms with Crippen LogP contribution in [0.2, 0.25) is 0 Å². The molecule has 3 N–H and O–H groups in total. The van der Waals surface area contributed by atoms with E-state index in [0.717, 1.165) is 44.9 Å². The fourth-order valence-corrected chi connectivity index (χ4v) is 10.9. The van der Waals surface area contributed by atoms with E-state index < -0.39 is 12.1 Å². The van der Waals surface area contributed by atoms with Crippen LogP contribution < -0.4 is 5.32 Å². The molecule has 0 aromatic heterocycles. The molecule has 450 valence electrons. The minimum atomic E-state index is -0.840. The van der Waals surface area contributed by atoms with Crippen LogP contribution in [0.25, 0.3) is 0 Å². The molecule has 0 radical (unpaired) electrons. The van der Waals surface area contributed by atoms with Crippen molar-refractivity contribution in [3.63, 3.8) is 0 Å². The zero-order chi connectivity index (χ0) is 55.0. The van der Waals surface area contributed by atoms with E-state index in [1.807, 2.05) is 6.08 Å². The van der Waals surface area contributed by atoms with Crippen molar-refractivity contribution < 1.29 is 24.5 Å². The predicted molar refractivity (Wildman–Crippen MR) is 333 cm³/mol. The van der Waals surface area contributed by atoms with Crippen LogP contribution in [0.1, 0.15) is 386 Å². The number of aliphatic hydroxyl groups is 2. The average Bonchev–Trinajstić information content (AvgIpc) is 3.42. The highest BCUT2D eigenvalue weighted by Crippen LogP contribution is 2.19. The number of ether oxygens (including phenoxy) is 1. The lowest BCUT2D eigenvalue weighted by atomic mass is 10.0. The van der Waals surface area contributed by atoms with Crippen molar-refractivity contribution in [3.8, 4) is 0 Å². The molecular formula is C70H135NO5. The van der Waals surface area contributed by atoms with Gasteiger partial charge in [-0.2, -0.15) is 0 Å². The van der Waals surface area contributed by atoms with Crippen molar-refractivity contribution in [1.82, 2.24) is 5.32 Å². The first kappa shape index (κ1) is 74.3. The van der Waals surface area contributed by atoms with Crippen molar-refractivity contribution in [3.05, 3.63) is 24.3 Å². The van der Waals surface area contributed by atoms with Gasteiger partial charge in [-0.25, -0.2) is 0 Å². The van der Waals surface area contributed by atoms with Crippen molar-refractivity contribution >= 4 is 11.9 Å². The van der Waals surface area contributed by atoms with E-state index in [9.17, 15) is 19.8 Å². The van der Waals surface area contributed by atoms with E-state index in [-0.39, 0.29) is 18.5 Å². The van der Waals surface area contributed by atoms with Gasteiger partial charge in [0.05, 0.1) is 25.4 Å². The maximum atomic E-state index is 12.5. The normalized spacial score (nSPS) is 12.6. The van der Waals surface area contributed by atoms with Gasteiger partial charge in [0.25, 0.3) is 0 Å². The second-order valence-electron chi connectivity index (χ2n) is 23.9. The summed E-state index contributed by atoms with van der Waals surface area (Å²) >= 11 is 0. The lowest BCUT2D eigenvalue weighted by Crippen LogP contribution is -2.45. The smallest absolute Gasteiger partial charge is 0.305 e. The summed E-state index contributed by atoms with van der Waals surface area (Å²) in [5.74, 6) is -0.0494. The SMILES string of the molecule is CCCCCC/C=C\CCCCCCCC(=O)OCCCCCCCCCCCCCCCCCCCCCCCCCCCCCCCCCCC(=O)NC(CO)C(O)/C=C/CCCCCCCCCCCCCC. The number of carbonyl (C=O) groups is 2. The number of rotatable bonds is 65. The van der Waals surface area contributed by atoms with Crippen molar-refractivity contribution in [2.24, 2.45) is 0 Å². The van der Waals surface area contributed by atoms with Gasteiger partial charge < -0.3 is 20.3 Å². The maximum Gasteiger partial charge on any atom is 0.305 e. The summed E-state index contributed by atoms with van der Waals surface area (Å²) in [6, 6.07) is -0.623. The highest BCUT2D eigenvalue weighted by Gasteiger charge is 2.18. The first-order valence-electron chi connectivity index (χ1n) is 34.6. The fraction of sp³-hybridized carbons (Fsp3) is 0.914. The van der Waals surface area contributed by atoms with Gasteiger partial charge in [0, 0.05) is 12.8 Å². The Bertz CT molecular complexity index is 1190.